The van der Waals surface area contributed by atoms with E-state index in [1.165, 1.54) is 9.13 Å². The second-order valence-electron chi connectivity index (χ2n) is 5.88. The minimum Gasteiger partial charge on any atom is -0.297 e. The van der Waals surface area contributed by atoms with E-state index in [0.717, 1.165) is 20.8 Å². The molecule has 1 aliphatic heterocycles. The maximum Gasteiger partial charge on any atom is 0.265 e. The third-order valence-corrected chi connectivity index (χ3v) is 5.50. The molecule has 0 atom stereocenters. The third kappa shape index (κ3) is 2.37. The summed E-state index contributed by atoms with van der Waals surface area (Å²) in [4.78, 5) is 31.8. The lowest BCUT2D eigenvalue weighted by Gasteiger charge is -2.11. The van der Waals surface area contributed by atoms with Crippen LogP contribution in [0.4, 0.5) is 5.69 Å². The minimum absolute atomic E-state index is 0.152. The van der Waals surface area contributed by atoms with E-state index < -0.39 is 0 Å². The molecule has 4 rings (SSSR count). The van der Waals surface area contributed by atoms with Crippen LogP contribution in [-0.4, -0.2) is 9.13 Å². The van der Waals surface area contributed by atoms with Crippen molar-refractivity contribution in [2.45, 2.75) is 9.79 Å². The molecule has 0 spiro atoms. The van der Waals surface area contributed by atoms with Gasteiger partial charge in [-0.1, -0.05) is 36.5 Å². The van der Waals surface area contributed by atoms with Crippen LogP contribution < -0.4 is 22.0 Å². The highest BCUT2D eigenvalue weighted by Crippen LogP contribution is 2.36. The van der Waals surface area contributed by atoms with Gasteiger partial charge in [0.1, 0.15) is 10.7 Å². The van der Waals surface area contributed by atoms with Gasteiger partial charge in [0.25, 0.3) is 11.1 Å². The number of hydrogen-bond acceptors (Lipinski definition) is 4. The molecule has 3 aromatic rings. The van der Waals surface area contributed by atoms with Crippen molar-refractivity contribution in [3.8, 4) is 0 Å². The summed E-state index contributed by atoms with van der Waals surface area (Å²) < 4.78 is 2.78. The van der Waals surface area contributed by atoms with E-state index in [1.54, 1.807) is 31.9 Å². The Bertz CT molecular complexity index is 1310. The Morgan fingerprint density at radius 1 is 0.960 bits per heavy atom. The molecule has 0 saturated carbocycles. The van der Waals surface area contributed by atoms with Gasteiger partial charge in [0.05, 0.1) is 11.0 Å². The van der Waals surface area contributed by atoms with Gasteiger partial charge in [-0.3, -0.25) is 18.7 Å². The SMILES string of the molecule is C=c1n(C)c(=O)c(=c2ccc3c(c2)Sc2ccccc2N=3)c(=O)n1C. The molecule has 0 radical (unpaired) electrons. The lowest BCUT2D eigenvalue weighted by atomic mass is 10.2. The first-order valence-electron chi connectivity index (χ1n) is 7.72. The predicted octanol–water partition coefficient (Wildman–Crippen LogP) is 1.20. The molecule has 1 aromatic heterocycles. The fourth-order valence-electron chi connectivity index (χ4n) is 2.86. The monoisotopic (exact) mass is 349 g/mol. The van der Waals surface area contributed by atoms with Crippen LogP contribution in [0.5, 0.6) is 0 Å². The van der Waals surface area contributed by atoms with E-state index >= 15 is 0 Å². The summed E-state index contributed by atoms with van der Waals surface area (Å²) in [5.74, 6) is 0. The van der Waals surface area contributed by atoms with E-state index in [-0.39, 0.29) is 16.3 Å². The lowest BCUT2D eigenvalue weighted by molar-refractivity contribution is 0.666. The van der Waals surface area contributed by atoms with Gasteiger partial charge in [-0.15, -0.1) is 0 Å². The van der Waals surface area contributed by atoms with Crippen LogP contribution in [0.15, 0.2) is 66.8 Å². The predicted molar refractivity (Wildman–Crippen MR) is 97.6 cm³/mol. The first-order chi connectivity index (χ1) is 12.0. The summed E-state index contributed by atoms with van der Waals surface area (Å²) in [6.07, 6.45) is 0. The molecule has 124 valence electrons. The Kier molecular flexibility index (Phi) is 3.51. The van der Waals surface area contributed by atoms with Crippen LogP contribution in [0.2, 0.25) is 0 Å². The maximum atomic E-state index is 12.6. The van der Waals surface area contributed by atoms with Gasteiger partial charge < -0.3 is 0 Å². The van der Waals surface area contributed by atoms with Crippen molar-refractivity contribution in [1.82, 2.24) is 9.13 Å². The molecular formula is C19H15N3O2S. The molecule has 25 heavy (non-hydrogen) atoms. The average molecular weight is 349 g/mol. The molecule has 0 saturated heterocycles. The molecule has 5 nitrogen and oxygen atoms in total. The minimum atomic E-state index is -0.341. The Hall–Kier alpha value is -2.86. The Labute approximate surface area is 146 Å². The van der Waals surface area contributed by atoms with Crippen molar-refractivity contribution < 1.29 is 0 Å². The van der Waals surface area contributed by atoms with Gasteiger partial charge in [0.2, 0.25) is 0 Å². The van der Waals surface area contributed by atoms with Crippen molar-refractivity contribution in [1.29, 1.82) is 0 Å². The molecule has 1 aliphatic rings. The highest BCUT2D eigenvalue weighted by atomic mass is 32.2. The van der Waals surface area contributed by atoms with Crippen molar-refractivity contribution in [3.63, 3.8) is 0 Å². The molecule has 0 fully saturated rings. The first-order valence-corrected chi connectivity index (χ1v) is 8.54. The van der Waals surface area contributed by atoms with Crippen molar-refractivity contribution >= 4 is 24.0 Å². The van der Waals surface area contributed by atoms with Crippen LogP contribution >= 0.6 is 11.8 Å². The first kappa shape index (κ1) is 15.7. The summed E-state index contributed by atoms with van der Waals surface area (Å²) in [6, 6.07) is 13.4. The number of benzene rings is 2. The number of fused-ring (bicyclic) bond motifs is 2. The highest BCUT2D eigenvalue weighted by Gasteiger charge is 2.11. The molecule has 0 amide bonds. The normalized spacial score (nSPS) is 12.2. The van der Waals surface area contributed by atoms with Crippen LogP contribution in [0.3, 0.4) is 0 Å². The van der Waals surface area contributed by atoms with E-state index in [2.05, 4.69) is 11.6 Å². The molecule has 0 unspecified atom stereocenters. The molecule has 0 N–H and O–H groups in total. The number of nitrogens with zero attached hydrogens (tertiary/aromatic N) is 3. The summed E-state index contributed by atoms with van der Waals surface area (Å²) in [5.41, 5.74) is 0.619. The number of aromatic nitrogens is 2. The fourth-order valence-corrected chi connectivity index (χ4v) is 3.87. The molecular weight excluding hydrogens is 334 g/mol. The van der Waals surface area contributed by atoms with Gasteiger partial charge in [0.15, 0.2) is 0 Å². The smallest absolute Gasteiger partial charge is 0.265 e. The van der Waals surface area contributed by atoms with E-state index in [4.69, 9.17) is 0 Å². The van der Waals surface area contributed by atoms with Crippen LogP contribution in [0, 0.1) is 10.4 Å². The zero-order valence-electron chi connectivity index (χ0n) is 13.8. The summed E-state index contributed by atoms with van der Waals surface area (Å²) >= 11 is 1.59. The number of para-hydroxylation sites is 1. The second-order valence-corrected chi connectivity index (χ2v) is 6.97. The molecule has 2 aromatic carbocycles. The maximum absolute atomic E-state index is 12.6. The second kappa shape index (κ2) is 5.60. The Morgan fingerprint density at radius 3 is 2.36 bits per heavy atom. The van der Waals surface area contributed by atoms with Crippen LogP contribution in [-0.2, 0) is 14.1 Å². The zero-order chi connectivity index (χ0) is 17.7. The largest absolute Gasteiger partial charge is 0.297 e. The standard InChI is InChI=1S/C19H15N3O2S/c1-11-21(2)18(23)17(19(24)22(11)3)12-8-9-14-16(10-12)25-15-7-5-4-6-13(15)20-14/h4-10H,1H2,2-3H3. The average Bonchev–Trinajstić information content (AvgIpc) is 2.63. The molecule has 2 heterocycles. The Balaban J connectivity index is 2.14. The lowest BCUT2D eigenvalue weighted by Crippen LogP contribution is -2.45. The third-order valence-electron chi connectivity index (χ3n) is 4.39. The summed E-state index contributed by atoms with van der Waals surface area (Å²) in [6.45, 7) is 3.78. The van der Waals surface area contributed by atoms with E-state index in [9.17, 15) is 9.59 Å². The number of rotatable bonds is 0. The number of hydrogen-bond donors (Lipinski definition) is 0. The Morgan fingerprint density at radius 2 is 1.64 bits per heavy atom. The van der Waals surface area contributed by atoms with Gasteiger partial charge >= 0.3 is 0 Å². The van der Waals surface area contributed by atoms with Gasteiger partial charge in [0, 0.05) is 23.9 Å². The van der Waals surface area contributed by atoms with Gasteiger partial charge in [-0.25, -0.2) is 4.99 Å². The fraction of sp³-hybridized carbons (Fsp3) is 0.105. The quantitative estimate of drug-likeness (QED) is 0.479. The van der Waals surface area contributed by atoms with Gasteiger partial charge in [-0.05, 0) is 29.5 Å². The molecule has 6 heteroatoms. The van der Waals surface area contributed by atoms with Gasteiger partial charge in [-0.2, -0.15) is 0 Å². The summed E-state index contributed by atoms with van der Waals surface area (Å²) in [5, 5.41) is 1.59. The summed E-state index contributed by atoms with van der Waals surface area (Å²) in [7, 11) is 3.23. The topological polar surface area (TPSA) is 56.4 Å². The molecule has 0 bridgehead atoms. The van der Waals surface area contributed by atoms with Crippen LogP contribution in [0.25, 0.3) is 6.58 Å². The highest BCUT2D eigenvalue weighted by molar-refractivity contribution is 7.99. The molecule has 0 aliphatic carbocycles. The van der Waals surface area contributed by atoms with E-state index in [1.807, 2.05) is 36.4 Å². The van der Waals surface area contributed by atoms with E-state index in [0.29, 0.717) is 10.7 Å². The van der Waals surface area contributed by atoms with Crippen molar-refractivity contribution in [3.05, 3.63) is 84.4 Å². The van der Waals surface area contributed by atoms with Crippen molar-refractivity contribution in [2.24, 2.45) is 19.1 Å². The van der Waals surface area contributed by atoms with Crippen molar-refractivity contribution in [2.75, 3.05) is 0 Å². The van der Waals surface area contributed by atoms with Crippen LogP contribution in [0.1, 0.15) is 0 Å². The zero-order valence-corrected chi connectivity index (χ0v) is 14.6.